The van der Waals surface area contributed by atoms with Gasteiger partial charge >= 0.3 is 0 Å². The first-order valence-corrected chi connectivity index (χ1v) is 9.43. The standard InChI is InChI=1S/C25H23FO2/c1-3-5-6-23(27)22-16-15-21(24(26)25(22)28)20-13-11-19(12-14-20)18-9-7-17(4-2)8-10-18/h4,7-16,28H,2-3,5-6H2,1H3. The average Bonchev–Trinajstić information content (AvgIpc) is 2.74. The van der Waals surface area contributed by atoms with Crippen molar-refractivity contribution >= 4 is 11.9 Å². The molecule has 0 heterocycles. The van der Waals surface area contributed by atoms with E-state index >= 15 is 0 Å². The summed E-state index contributed by atoms with van der Waals surface area (Å²) in [4.78, 5) is 12.1. The van der Waals surface area contributed by atoms with Gasteiger partial charge in [0.25, 0.3) is 0 Å². The Morgan fingerprint density at radius 1 is 0.964 bits per heavy atom. The molecule has 0 saturated carbocycles. The number of benzene rings is 3. The van der Waals surface area contributed by atoms with Crippen LogP contribution in [-0.4, -0.2) is 10.9 Å². The van der Waals surface area contributed by atoms with Crippen molar-refractivity contribution in [2.75, 3.05) is 0 Å². The maximum absolute atomic E-state index is 14.7. The van der Waals surface area contributed by atoms with E-state index < -0.39 is 11.6 Å². The van der Waals surface area contributed by atoms with Gasteiger partial charge in [0.15, 0.2) is 17.3 Å². The minimum Gasteiger partial charge on any atom is -0.504 e. The molecule has 0 fully saturated rings. The smallest absolute Gasteiger partial charge is 0.173 e. The third-order valence-electron chi connectivity index (χ3n) is 4.85. The number of ketones is 1. The lowest BCUT2D eigenvalue weighted by Crippen LogP contribution is -2.01. The fourth-order valence-corrected chi connectivity index (χ4v) is 3.14. The summed E-state index contributed by atoms with van der Waals surface area (Å²) in [6.45, 7) is 5.73. The van der Waals surface area contributed by atoms with Crippen LogP contribution in [0, 0.1) is 5.82 Å². The number of rotatable bonds is 7. The fraction of sp³-hybridized carbons (Fsp3) is 0.160. The van der Waals surface area contributed by atoms with Gasteiger partial charge in [0.2, 0.25) is 0 Å². The topological polar surface area (TPSA) is 37.3 Å². The highest BCUT2D eigenvalue weighted by molar-refractivity contribution is 5.99. The van der Waals surface area contributed by atoms with E-state index in [4.69, 9.17) is 0 Å². The number of carbonyl (C=O) groups is 1. The minimum absolute atomic E-state index is 0.0497. The van der Waals surface area contributed by atoms with Crippen molar-refractivity contribution in [3.63, 3.8) is 0 Å². The molecule has 0 saturated heterocycles. The highest BCUT2D eigenvalue weighted by Crippen LogP contribution is 2.33. The first-order valence-electron chi connectivity index (χ1n) is 9.43. The first kappa shape index (κ1) is 19.6. The number of phenols is 1. The second-order valence-corrected chi connectivity index (χ2v) is 6.75. The highest BCUT2D eigenvalue weighted by atomic mass is 19.1. The lowest BCUT2D eigenvalue weighted by atomic mass is 9.96. The maximum atomic E-state index is 14.7. The Bertz CT molecular complexity index is 986. The minimum atomic E-state index is -0.759. The van der Waals surface area contributed by atoms with E-state index in [0.29, 0.717) is 12.0 Å². The average molecular weight is 374 g/mol. The van der Waals surface area contributed by atoms with Crippen LogP contribution in [0.3, 0.4) is 0 Å². The quantitative estimate of drug-likeness (QED) is 0.458. The lowest BCUT2D eigenvalue weighted by Gasteiger charge is -2.10. The maximum Gasteiger partial charge on any atom is 0.173 e. The fourth-order valence-electron chi connectivity index (χ4n) is 3.14. The van der Waals surface area contributed by atoms with E-state index in [1.165, 1.54) is 6.07 Å². The predicted octanol–water partition coefficient (Wildman–Crippen LogP) is 6.88. The zero-order valence-corrected chi connectivity index (χ0v) is 15.9. The molecule has 0 aliphatic rings. The second-order valence-electron chi connectivity index (χ2n) is 6.75. The molecule has 0 aliphatic heterocycles. The van der Waals surface area contributed by atoms with Crippen molar-refractivity contribution in [1.82, 2.24) is 0 Å². The van der Waals surface area contributed by atoms with Crippen molar-refractivity contribution in [2.45, 2.75) is 26.2 Å². The van der Waals surface area contributed by atoms with Gasteiger partial charge in [0, 0.05) is 12.0 Å². The normalized spacial score (nSPS) is 10.6. The van der Waals surface area contributed by atoms with Gasteiger partial charge in [0.1, 0.15) is 0 Å². The summed E-state index contributed by atoms with van der Waals surface area (Å²) in [5, 5.41) is 10.2. The van der Waals surface area contributed by atoms with Crippen LogP contribution >= 0.6 is 0 Å². The molecule has 0 radical (unpaired) electrons. The summed E-state index contributed by atoms with van der Waals surface area (Å²) in [6.07, 6.45) is 3.69. The number of aromatic hydroxyl groups is 1. The Hall–Kier alpha value is -3.20. The third kappa shape index (κ3) is 4.04. The molecule has 142 valence electrons. The molecule has 3 rings (SSSR count). The van der Waals surface area contributed by atoms with Crippen molar-refractivity contribution in [3.05, 3.63) is 84.2 Å². The number of halogens is 1. The molecular formula is C25H23FO2. The van der Waals surface area contributed by atoms with Gasteiger partial charge in [-0.2, -0.15) is 0 Å². The molecule has 2 nitrogen and oxygen atoms in total. The van der Waals surface area contributed by atoms with Crippen LogP contribution in [0.1, 0.15) is 42.1 Å². The van der Waals surface area contributed by atoms with E-state index in [0.717, 1.165) is 29.5 Å². The predicted molar refractivity (Wildman–Crippen MR) is 113 cm³/mol. The molecule has 1 N–H and O–H groups in total. The summed E-state index contributed by atoms with van der Waals surface area (Å²) in [5.74, 6) is -1.56. The molecule has 0 atom stereocenters. The van der Waals surface area contributed by atoms with Crippen molar-refractivity contribution in [1.29, 1.82) is 0 Å². The van der Waals surface area contributed by atoms with Crippen LogP contribution < -0.4 is 0 Å². The van der Waals surface area contributed by atoms with Crippen LogP contribution in [0.2, 0.25) is 0 Å². The van der Waals surface area contributed by atoms with Crippen LogP contribution in [0.4, 0.5) is 4.39 Å². The Kier molecular flexibility index (Phi) is 6.05. The van der Waals surface area contributed by atoms with Gasteiger partial charge in [-0.05, 0) is 34.7 Å². The SMILES string of the molecule is C=Cc1ccc(-c2ccc(-c3ccc(C(=O)CCCC)c(O)c3F)cc2)cc1. The monoisotopic (exact) mass is 374 g/mol. The molecule has 0 spiro atoms. The molecule has 0 aliphatic carbocycles. The molecule has 28 heavy (non-hydrogen) atoms. The van der Waals surface area contributed by atoms with E-state index in [1.54, 1.807) is 12.1 Å². The second kappa shape index (κ2) is 8.66. The van der Waals surface area contributed by atoms with Crippen LogP contribution in [-0.2, 0) is 0 Å². The number of carbonyl (C=O) groups excluding carboxylic acids is 1. The molecule has 0 aromatic heterocycles. The molecule has 0 amide bonds. The Morgan fingerprint density at radius 3 is 2.11 bits per heavy atom. The summed E-state index contributed by atoms with van der Waals surface area (Å²) < 4.78 is 14.7. The number of unbranched alkanes of at least 4 members (excludes halogenated alkanes) is 1. The summed E-state index contributed by atoms with van der Waals surface area (Å²) in [7, 11) is 0. The summed E-state index contributed by atoms with van der Waals surface area (Å²) >= 11 is 0. The lowest BCUT2D eigenvalue weighted by molar-refractivity contribution is 0.0976. The zero-order valence-electron chi connectivity index (χ0n) is 15.9. The Morgan fingerprint density at radius 2 is 1.54 bits per heavy atom. The molecular weight excluding hydrogens is 351 g/mol. The third-order valence-corrected chi connectivity index (χ3v) is 4.85. The molecule has 0 bridgehead atoms. The van der Waals surface area contributed by atoms with Crippen LogP contribution in [0.5, 0.6) is 5.75 Å². The van der Waals surface area contributed by atoms with Gasteiger partial charge < -0.3 is 5.11 Å². The van der Waals surface area contributed by atoms with Gasteiger partial charge in [0.05, 0.1) is 5.56 Å². The van der Waals surface area contributed by atoms with Crippen molar-refractivity contribution in [2.24, 2.45) is 0 Å². The largest absolute Gasteiger partial charge is 0.504 e. The van der Waals surface area contributed by atoms with E-state index in [2.05, 4.69) is 6.58 Å². The van der Waals surface area contributed by atoms with Crippen LogP contribution in [0.25, 0.3) is 28.3 Å². The zero-order chi connectivity index (χ0) is 20.1. The van der Waals surface area contributed by atoms with Gasteiger partial charge in [-0.3, -0.25) is 4.79 Å². The molecule has 3 heteroatoms. The van der Waals surface area contributed by atoms with Gasteiger partial charge in [-0.1, -0.05) is 80.6 Å². The Balaban J connectivity index is 1.88. The van der Waals surface area contributed by atoms with Crippen molar-refractivity contribution in [3.8, 4) is 28.0 Å². The van der Waals surface area contributed by atoms with E-state index in [1.807, 2.05) is 55.5 Å². The van der Waals surface area contributed by atoms with Gasteiger partial charge in [-0.25, -0.2) is 4.39 Å². The van der Waals surface area contributed by atoms with E-state index in [9.17, 15) is 14.3 Å². The number of hydrogen-bond acceptors (Lipinski definition) is 2. The molecule has 0 unspecified atom stereocenters. The number of phenolic OH excluding ortho intramolecular Hbond substituents is 1. The number of hydrogen-bond donors (Lipinski definition) is 1. The summed E-state index contributed by atoms with van der Waals surface area (Å²) in [6, 6.07) is 18.5. The summed E-state index contributed by atoms with van der Waals surface area (Å²) in [5.41, 5.74) is 4.08. The van der Waals surface area contributed by atoms with Crippen LogP contribution in [0.15, 0.2) is 67.2 Å². The first-order chi connectivity index (χ1) is 13.5. The number of Topliss-reactive ketones (excluding diaryl/α,β-unsaturated/α-hetero) is 1. The van der Waals surface area contributed by atoms with E-state index in [-0.39, 0.29) is 16.9 Å². The Labute approximate surface area is 165 Å². The van der Waals surface area contributed by atoms with Crippen molar-refractivity contribution < 1.29 is 14.3 Å². The molecule has 3 aromatic carbocycles. The molecule has 3 aromatic rings. The highest BCUT2D eigenvalue weighted by Gasteiger charge is 2.18. The van der Waals surface area contributed by atoms with Gasteiger partial charge in [-0.15, -0.1) is 0 Å².